The number of hydrogen-bond donors (Lipinski definition) is 1. The molecule has 1 atom stereocenters. The van der Waals surface area contributed by atoms with E-state index in [-0.39, 0.29) is 0 Å². The van der Waals surface area contributed by atoms with Gasteiger partial charge in [-0.25, -0.2) is 0 Å². The summed E-state index contributed by atoms with van der Waals surface area (Å²) in [7, 11) is 1.96. The molecule has 1 aromatic heterocycles. The van der Waals surface area contributed by atoms with Gasteiger partial charge in [0.05, 0.1) is 6.20 Å². The molecule has 20 heavy (non-hydrogen) atoms. The van der Waals surface area contributed by atoms with Crippen molar-refractivity contribution in [2.45, 2.75) is 32.2 Å². The van der Waals surface area contributed by atoms with Gasteiger partial charge in [0.25, 0.3) is 0 Å². The van der Waals surface area contributed by atoms with Gasteiger partial charge in [0.1, 0.15) is 0 Å². The highest BCUT2D eigenvalue weighted by molar-refractivity contribution is 9.10. The standard InChI is InChI=1S/C16H22BrN3/c1-12(2)18-10-14(8-13-9-19-20(3)11-13)15-6-4-5-7-16(15)17/h4-7,9,11-12,14,18H,8,10H2,1-3H3. The van der Waals surface area contributed by atoms with Crippen LogP contribution in [0.25, 0.3) is 0 Å². The van der Waals surface area contributed by atoms with Gasteiger partial charge in [-0.3, -0.25) is 4.68 Å². The van der Waals surface area contributed by atoms with Gasteiger partial charge in [0.15, 0.2) is 0 Å². The first kappa shape index (κ1) is 15.3. The molecule has 108 valence electrons. The Hall–Kier alpha value is -1.13. The smallest absolute Gasteiger partial charge is 0.0521 e. The molecule has 2 aromatic rings. The van der Waals surface area contributed by atoms with E-state index in [1.165, 1.54) is 15.6 Å². The minimum atomic E-state index is 0.442. The maximum absolute atomic E-state index is 4.27. The SMILES string of the molecule is CC(C)NCC(Cc1cnn(C)c1)c1ccccc1Br. The second-order valence-corrected chi connectivity index (χ2v) is 6.36. The van der Waals surface area contributed by atoms with Gasteiger partial charge in [-0.15, -0.1) is 0 Å². The molecule has 0 aliphatic heterocycles. The third-order valence-corrected chi connectivity index (χ3v) is 4.08. The van der Waals surface area contributed by atoms with Crippen LogP contribution in [0.1, 0.15) is 30.9 Å². The van der Waals surface area contributed by atoms with E-state index in [0.29, 0.717) is 12.0 Å². The van der Waals surface area contributed by atoms with Crippen LogP contribution in [0.4, 0.5) is 0 Å². The van der Waals surface area contributed by atoms with E-state index in [4.69, 9.17) is 0 Å². The Bertz CT molecular complexity index is 548. The molecule has 0 saturated heterocycles. The first-order valence-electron chi connectivity index (χ1n) is 7.01. The summed E-state index contributed by atoms with van der Waals surface area (Å²) in [5.41, 5.74) is 2.63. The van der Waals surface area contributed by atoms with Crippen LogP contribution < -0.4 is 5.32 Å². The summed E-state index contributed by atoms with van der Waals surface area (Å²) < 4.78 is 3.04. The molecule has 1 unspecified atom stereocenters. The number of nitrogens with zero attached hydrogens (tertiary/aromatic N) is 2. The molecule has 0 saturated carbocycles. The fourth-order valence-corrected chi connectivity index (χ4v) is 2.95. The Kier molecular flexibility index (Phi) is 5.38. The van der Waals surface area contributed by atoms with Crippen molar-refractivity contribution in [2.24, 2.45) is 7.05 Å². The number of aromatic nitrogens is 2. The highest BCUT2D eigenvalue weighted by Crippen LogP contribution is 2.27. The van der Waals surface area contributed by atoms with E-state index >= 15 is 0 Å². The molecule has 4 heteroatoms. The lowest BCUT2D eigenvalue weighted by molar-refractivity contribution is 0.526. The van der Waals surface area contributed by atoms with Crippen molar-refractivity contribution >= 4 is 15.9 Å². The van der Waals surface area contributed by atoms with Crippen molar-refractivity contribution in [3.05, 3.63) is 52.3 Å². The maximum Gasteiger partial charge on any atom is 0.0521 e. The van der Waals surface area contributed by atoms with Gasteiger partial charge in [-0.05, 0) is 23.6 Å². The van der Waals surface area contributed by atoms with Gasteiger partial charge in [0.2, 0.25) is 0 Å². The van der Waals surface area contributed by atoms with Crippen molar-refractivity contribution in [2.75, 3.05) is 6.54 Å². The minimum absolute atomic E-state index is 0.442. The first-order valence-corrected chi connectivity index (χ1v) is 7.81. The molecule has 0 bridgehead atoms. The van der Waals surface area contributed by atoms with Gasteiger partial charge >= 0.3 is 0 Å². The van der Waals surface area contributed by atoms with Crippen LogP contribution in [-0.4, -0.2) is 22.4 Å². The lowest BCUT2D eigenvalue weighted by atomic mass is 9.93. The highest BCUT2D eigenvalue weighted by Gasteiger charge is 2.16. The summed E-state index contributed by atoms with van der Waals surface area (Å²) in [6, 6.07) is 8.97. The molecule has 1 heterocycles. The van der Waals surface area contributed by atoms with Crippen LogP contribution in [0.2, 0.25) is 0 Å². The Labute approximate surface area is 129 Å². The Balaban J connectivity index is 2.18. The molecule has 0 aliphatic carbocycles. The van der Waals surface area contributed by atoms with Gasteiger partial charge in [0, 0.05) is 36.2 Å². The molecular formula is C16H22BrN3. The molecule has 0 aliphatic rings. The van der Waals surface area contributed by atoms with Crippen molar-refractivity contribution < 1.29 is 0 Å². The van der Waals surface area contributed by atoms with E-state index in [0.717, 1.165) is 13.0 Å². The lowest BCUT2D eigenvalue weighted by Crippen LogP contribution is -2.29. The molecule has 1 N–H and O–H groups in total. The molecular weight excluding hydrogens is 314 g/mol. The number of nitrogens with one attached hydrogen (secondary N) is 1. The summed E-state index contributed by atoms with van der Waals surface area (Å²) in [6.07, 6.45) is 5.05. The summed E-state index contributed by atoms with van der Waals surface area (Å²) in [5, 5.41) is 7.82. The second kappa shape index (κ2) is 7.04. The average Bonchev–Trinajstić information content (AvgIpc) is 2.81. The Morgan fingerprint density at radius 1 is 1.30 bits per heavy atom. The predicted octanol–water partition coefficient (Wildman–Crippen LogP) is 3.51. The van der Waals surface area contributed by atoms with Gasteiger partial charge < -0.3 is 5.32 Å². The monoisotopic (exact) mass is 335 g/mol. The molecule has 2 rings (SSSR count). The predicted molar refractivity (Wildman–Crippen MR) is 86.9 cm³/mol. The zero-order valence-corrected chi connectivity index (χ0v) is 13.9. The van der Waals surface area contributed by atoms with Crippen molar-refractivity contribution in [1.82, 2.24) is 15.1 Å². The molecule has 0 amide bonds. The topological polar surface area (TPSA) is 29.9 Å². The zero-order valence-electron chi connectivity index (χ0n) is 12.3. The average molecular weight is 336 g/mol. The zero-order chi connectivity index (χ0) is 14.5. The van der Waals surface area contributed by atoms with Crippen LogP contribution in [0, 0.1) is 0 Å². The van der Waals surface area contributed by atoms with Crippen LogP contribution in [0.15, 0.2) is 41.1 Å². The summed E-state index contributed by atoms with van der Waals surface area (Å²) >= 11 is 3.67. The van der Waals surface area contributed by atoms with Crippen molar-refractivity contribution in [1.29, 1.82) is 0 Å². The van der Waals surface area contributed by atoms with E-state index in [9.17, 15) is 0 Å². The van der Waals surface area contributed by atoms with Gasteiger partial charge in [-0.2, -0.15) is 5.10 Å². The number of benzene rings is 1. The Morgan fingerprint density at radius 2 is 2.05 bits per heavy atom. The fraction of sp³-hybridized carbons (Fsp3) is 0.438. The highest BCUT2D eigenvalue weighted by atomic mass is 79.9. The maximum atomic E-state index is 4.27. The van der Waals surface area contributed by atoms with Crippen LogP contribution >= 0.6 is 15.9 Å². The number of rotatable bonds is 6. The van der Waals surface area contributed by atoms with Crippen LogP contribution in [0.3, 0.4) is 0 Å². The first-order chi connectivity index (χ1) is 9.56. The van der Waals surface area contributed by atoms with Crippen molar-refractivity contribution in [3.63, 3.8) is 0 Å². The minimum Gasteiger partial charge on any atom is -0.314 e. The lowest BCUT2D eigenvalue weighted by Gasteiger charge is -2.20. The fourth-order valence-electron chi connectivity index (χ4n) is 2.34. The quantitative estimate of drug-likeness (QED) is 0.875. The number of aryl methyl sites for hydroxylation is 1. The van der Waals surface area contributed by atoms with Crippen LogP contribution in [0.5, 0.6) is 0 Å². The number of halogens is 1. The molecule has 1 aromatic carbocycles. The van der Waals surface area contributed by atoms with Gasteiger partial charge in [-0.1, -0.05) is 48.0 Å². The molecule has 0 spiro atoms. The third-order valence-electron chi connectivity index (χ3n) is 3.36. The summed E-state index contributed by atoms with van der Waals surface area (Å²) in [6.45, 7) is 5.33. The number of hydrogen-bond acceptors (Lipinski definition) is 2. The summed E-state index contributed by atoms with van der Waals surface area (Å²) in [4.78, 5) is 0. The largest absolute Gasteiger partial charge is 0.314 e. The molecule has 3 nitrogen and oxygen atoms in total. The van der Waals surface area contributed by atoms with Crippen LogP contribution in [-0.2, 0) is 13.5 Å². The van der Waals surface area contributed by atoms with E-state index in [2.05, 4.69) is 70.7 Å². The Morgan fingerprint density at radius 3 is 2.65 bits per heavy atom. The van der Waals surface area contributed by atoms with Crippen molar-refractivity contribution in [3.8, 4) is 0 Å². The third kappa shape index (κ3) is 4.18. The van der Waals surface area contributed by atoms with E-state index < -0.39 is 0 Å². The van der Waals surface area contributed by atoms with E-state index in [1.54, 1.807) is 0 Å². The molecule has 0 radical (unpaired) electrons. The second-order valence-electron chi connectivity index (χ2n) is 5.51. The van der Waals surface area contributed by atoms with E-state index in [1.807, 2.05) is 17.9 Å². The molecule has 0 fully saturated rings. The summed E-state index contributed by atoms with van der Waals surface area (Å²) in [5.74, 6) is 0.442. The normalized spacial score (nSPS) is 12.8.